The van der Waals surface area contributed by atoms with Crippen molar-refractivity contribution < 1.29 is 9.18 Å². The third-order valence-corrected chi connectivity index (χ3v) is 6.05. The predicted molar refractivity (Wildman–Crippen MR) is 90.2 cm³/mol. The fourth-order valence-corrected chi connectivity index (χ4v) is 4.40. The minimum absolute atomic E-state index is 0.0742. The first-order valence-electron chi connectivity index (χ1n) is 6.78. The number of benzene rings is 2. The van der Waals surface area contributed by atoms with Gasteiger partial charge in [0.05, 0.1) is 0 Å². The van der Waals surface area contributed by atoms with Gasteiger partial charge in [-0.1, -0.05) is 0 Å². The number of amides is 1. The molecular formula is C16H12FN3OSSe. The molecule has 0 saturated carbocycles. The summed E-state index contributed by atoms with van der Waals surface area (Å²) in [4.78, 5) is 12.0. The molecule has 3 aromatic rings. The van der Waals surface area contributed by atoms with Crippen LogP contribution >= 0.6 is 11.8 Å². The quantitative estimate of drug-likeness (QED) is 0.536. The molecule has 2 aromatic carbocycles. The van der Waals surface area contributed by atoms with Gasteiger partial charge in [-0.05, 0) is 0 Å². The van der Waals surface area contributed by atoms with Crippen LogP contribution in [0.2, 0.25) is 0 Å². The van der Waals surface area contributed by atoms with Crippen LogP contribution in [0.3, 0.4) is 0 Å². The number of nitrogens with one attached hydrogen (secondary N) is 1. The molecule has 4 nitrogen and oxygen atoms in total. The Morgan fingerprint density at radius 1 is 1.13 bits per heavy atom. The van der Waals surface area contributed by atoms with Crippen molar-refractivity contribution >= 4 is 38.1 Å². The molecule has 0 radical (unpaired) electrons. The Hall–Kier alpha value is -1.95. The summed E-state index contributed by atoms with van der Waals surface area (Å²) in [6, 6.07) is 15.5. The molecule has 1 amide bonds. The van der Waals surface area contributed by atoms with E-state index in [4.69, 9.17) is 0 Å². The molecule has 0 spiro atoms. The number of halogens is 1. The predicted octanol–water partition coefficient (Wildman–Crippen LogP) is 3.07. The summed E-state index contributed by atoms with van der Waals surface area (Å²) in [6.45, 7) is 0. The summed E-state index contributed by atoms with van der Waals surface area (Å²) in [5.74, 6) is -0.0667. The number of carbonyl (C=O) groups excluding carboxylic acids is 1. The number of para-hydroxylation sites is 1. The molecule has 0 saturated heterocycles. The van der Waals surface area contributed by atoms with Gasteiger partial charge in [0.25, 0.3) is 0 Å². The number of hydrogen-bond acceptors (Lipinski definition) is 4. The van der Waals surface area contributed by atoms with Crippen molar-refractivity contribution in [2.24, 2.45) is 0 Å². The van der Waals surface area contributed by atoms with Crippen molar-refractivity contribution in [1.29, 1.82) is 0 Å². The molecule has 0 aliphatic rings. The SMILES string of the molecule is O=C(CSc1[se]nnc1-c1ccc(F)cc1)Nc1ccccc1. The number of carbonyl (C=O) groups is 1. The van der Waals surface area contributed by atoms with Crippen LogP contribution in [0.15, 0.2) is 58.4 Å². The molecule has 0 atom stereocenters. The maximum absolute atomic E-state index is 13.0. The van der Waals surface area contributed by atoms with Crippen molar-refractivity contribution in [2.75, 3.05) is 11.1 Å². The van der Waals surface area contributed by atoms with Crippen LogP contribution < -0.4 is 5.32 Å². The van der Waals surface area contributed by atoms with E-state index in [9.17, 15) is 9.18 Å². The van der Waals surface area contributed by atoms with Gasteiger partial charge in [0.15, 0.2) is 0 Å². The van der Waals surface area contributed by atoms with E-state index < -0.39 is 0 Å². The summed E-state index contributed by atoms with van der Waals surface area (Å²) in [6.07, 6.45) is 0. The average Bonchev–Trinajstić information content (AvgIpc) is 3.03. The number of hydrogen-bond donors (Lipinski definition) is 1. The Balaban J connectivity index is 1.64. The Labute approximate surface area is 143 Å². The first-order chi connectivity index (χ1) is 11.2. The second-order valence-electron chi connectivity index (χ2n) is 4.62. The van der Waals surface area contributed by atoms with E-state index in [0.717, 1.165) is 20.7 Å². The van der Waals surface area contributed by atoms with Crippen molar-refractivity contribution in [2.45, 2.75) is 3.77 Å². The van der Waals surface area contributed by atoms with Crippen LogP contribution in [0.4, 0.5) is 10.1 Å². The van der Waals surface area contributed by atoms with Crippen molar-refractivity contribution in [1.82, 2.24) is 9.19 Å². The van der Waals surface area contributed by atoms with E-state index in [1.165, 1.54) is 23.9 Å². The van der Waals surface area contributed by atoms with Gasteiger partial charge >= 0.3 is 143 Å². The van der Waals surface area contributed by atoms with Gasteiger partial charge in [-0.25, -0.2) is 0 Å². The van der Waals surface area contributed by atoms with Crippen LogP contribution in [0.5, 0.6) is 0 Å². The molecule has 7 heteroatoms. The van der Waals surface area contributed by atoms with E-state index in [2.05, 4.69) is 14.5 Å². The van der Waals surface area contributed by atoms with Crippen molar-refractivity contribution in [3.05, 3.63) is 60.4 Å². The van der Waals surface area contributed by atoms with Gasteiger partial charge in [0, 0.05) is 0 Å². The number of rotatable bonds is 5. The third kappa shape index (κ3) is 4.28. The molecule has 0 aliphatic heterocycles. The summed E-state index contributed by atoms with van der Waals surface area (Å²) in [5, 5.41) is 6.98. The molecule has 0 aliphatic carbocycles. The maximum atomic E-state index is 13.0. The Morgan fingerprint density at radius 3 is 2.61 bits per heavy atom. The second kappa shape index (κ2) is 7.55. The third-order valence-electron chi connectivity index (χ3n) is 2.97. The first kappa shape index (κ1) is 15.9. The average molecular weight is 392 g/mol. The van der Waals surface area contributed by atoms with E-state index in [-0.39, 0.29) is 26.5 Å². The zero-order valence-electron chi connectivity index (χ0n) is 11.9. The van der Waals surface area contributed by atoms with Gasteiger partial charge in [-0.2, -0.15) is 0 Å². The second-order valence-corrected chi connectivity index (χ2v) is 7.77. The van der Waals surface area contributed by atoms with E-state index in [1.54, 1.807) is 12.1 Å². The molecule has 1 aromatic heterocycles. The molecule has 23 heavy (non-hydrogen) atoms. The van der Waals surface area contributed by atoms with Gasteiger partial charge in [-0.15, -0.1) is 0 Å². The van der Waals surface area contributed by atoms with Gasteiger partial charge in [-0.3, -0.25) is 0 Å². The standard InChI is InChI=1S/C16H12FN3OSSe/c17-12-8-6-11(7-9-12)15-16(23-20-19-15)22-10-14(21)18-13-4-2-1-3-5-13/h1-9H,10H2,(H,18,21). The first-order valence-corrected chi connectivity index (χ1v) is 9.39. The topological polar surface area (TPSA) is 54.9 Å². The minimum atomic E-state index is -0.286. The van der Waals surface area contributed by atoms with E-state index >= 15 is 0 Å². The summed E-state index contributed by atoms with van der Waals surface area (Å²) in [7, 11) is 0. The fourth-order valence-electron chi connectivity index (χ4n) is 1.91. The normalized spacial score (nSPS) is 10.5. The molecule has 1 N–H and O–H groups in total. The van der Waals surface area contributed by atoms with Crippen LogP contribution in [0, 0.1) is 5.82 Å². The van der Waals surface area contributed by atoms with Gasteiger partial charge < -0.3 is 0 Å². The molecular weight excluding hydrogens is 380 g/mol. The molecule has 116 valence electrons. The van der Waals surface area contributed by atoms with Gasteiger partial charge in [0.2, 0.25) is 0 Å². The Bertz CT molecular complexity index is 793. The van der Waals surface area contributed by atoms with E-state index in [0.29, 0.717) is 5.75 Å². The summed E-state index contributed by atoms with van der Waals surface area (Å²) in [5.41, 5.74) is 2.33. The molecule has 0 bridgehead atoms. The van der Waals surface area contributed by atoms with Crippen LogP contribution in [0.1, 0.15) is 0 Å². The number of aromatic nitrogens is 2. The number of nitrogens with zero attached hydrogens (tertiary/aromatic N) is 2. The fraction of sp³-hybridized carbons (Fsp3) is 0.0625. The molecule has 0 unspecified atom stereocenters. The van der Waals surface area contributed by atoms with E-state index in [1.807, 2.05) is 30.3 Å². The molecule has 0 fully saturated rings. The van der Waals surface area contributed by atoms with Crippen molar-refractivity contribution in [3.63, 3.8) is 0 Å². The monoisotopic (exact) mass is 393 g/mol. The Kier molecular flexibility index (Phi) is 5.23. The van der Waals surface area contributed by atoms with Crippen LogP contribution in [0.25, 0.3) is 11.3 Å². The van der Waals surface area contributed by atoms with Crippen LogP contribution in [-0.2, 0) is 4.79 Å². The number of thioether (sulfide) groups is 1. The Morgan fingerprint density at radius 2 is 1.87 bits per heavy atom. The van der Waals surface area contributed by atoms with Gasteiger partial charge in [0.1, 0.15) is 0 Å². The molecule has 1 heterocycles. The van der Waals surface area contributed by atoms with Crippen LogP contribution in [-0.4, -0.2) is 35.6 Å². The summed E-state index contributed by atoms with van der Waals surface area (Å²) < 4.78 is 18.1. The van der Waals surface area contributed by atoms with Crippen molar-refractivity contribution in [3.8, 4) is 11.3 Å². The zero-order chi connectivity index (χ0) is 16.1. The zero-order valence-corrected chi connectivity index (χ0v) is 14.4. The number of anilines is 1. The molecule has 3 rings (SSSR count). The summed E-state index contributed by atoms with van der Waals surface area (Å²) >= 11 is 1.31.